The maximum Gasteiger partial charge on any atom is 0.276 e. The smallest absolute Gasteiger partial charge is 0.276 e. The lowest BCUT2D eigenvalue weighted by atomic mass is 10.1. The summed E-state index contributed by atoms with van der Waals surface area (Å²) in [5, 5.41) is 0. The summed E-state index contributed by atoms with van der Waals surface area (Å²) in [6.45, 7) is 4.63. The topological polar surface area (TPSA) is 105 Å². The number of amides is 2. The fourth-order valence-corrected chi connectivity index (χ4v) is 4.71. The van der Waals surface area contributed by atoms with Crippen molar-refractivity contribution >= 4 is 21.8 Å². The number of rotatable bonds is 6. The van der Waals surface area contributed by atoms with Crippen molar-refractivity contribution in [2.24, 2.45) is 0 Å². The Morgan fingerprint density at radius 1 is 1.00 bits per heavy atom. The van der Waals surface area contributed by atoms with E-state index < -0.39 is 21.8 Å². The quantitative estimate of drug-likeness (QED) is 0.680. The highest BCUT2D eigenvalue weighted by Crippen LogP contribution is 2.21. The van der Waals surface area contributed by atoms with Crippen molar-refractivity contribution in [2.45, 2.75) is 31.6 Å². The molecule has 160 valence electrons. The number of nitrogens with one attached hydrogen (secondary N) is 2. The van der Waals surface area contributed by atoms with E-state index in [1.165, 1.54) is 28.6 Å². The van der Waals surface area contributed by atoms with E-state index in [1.54, 1.807) is 6.07 Å². The van der Waals surface area contributed by atoms with Crippen LogP contribution < -0.4 is 15.6 Å². The minimum absolute atomic E-state index is 0.145. The number of carbonyl (C=O) groups is 2. The Balaban J connectivity index is 1.51. The molecule has 30 heavy (non-hydrogen) atoms. The van der Waals surface area contributed by atoms with Crippen LogP contribution >= 0.6 is 0 Å². The van der Waals surface area contributed by atoms with E-state index in [-0.39, 0.29) is 17.1 Å². The summed E-state index contributed by atoms with van der Waals surface area (Å²) in [6, 6.07) is 11.2. The molecule has 0 unspecified atom stereocenters. The number of aryl methyl sites for hydroxylation is 2. The lowest BCUT2D eigenvalue weighted by molar-refractivity contribution is -0.123. The van der Waals surface area contributed by atoms with Gasteiger partial charge in [0.05, 0.1) is 4.90 Å². The van der Waals surface area contributed by atoms with Gasteiger partial charge >= 0.3 is 0 Å². The summed E-state index contributed by atoms with van der Waals surface area (Å²) in [6.07, 6.45) is 1.71. The highest BCUT2D eigenvalue weighted by molar-refractivity contribution is 7.89. The van der Waals surface area contributed by atoms with Crippen molar-refractivity contribution in [3.8, 4) is 5.75 Å². The van der Waals surface area contributed by atoms with Gasteiger partial charge in [-0.2, -0.15) is 4.31 Å². The van der Waals surface area contributed by atoms with Gasteiger partial charge in [-0.3, -0.25) is 20.4 Å². The van der Waals surface area contributed by atoms with E-state index in [4.69, 9.17) is 4.74 Å². The Morgan fingerprint density at radius 2 is 1.67 bits per heavy atom. The highest BCUT2D eigenvalue weighted by atomic mass is 32.2. The molecule has 1 saturated heterocycles. The van der Waals surface area contributed by atoms with Gasteiger partial charge in [0.15, 0.2) is 6.61 Å². The maximum absolute atomic E-state index is 12.5. The third kappa shape index (κ3) is 5.17. The average Bonchev–Trinajstić information content (AvgIpc) is 3.27. The molecule has 0 aromatic heterocycles. The lowest BCUT2D eigenvalue weighted by Gasteiger charge is -2.15. The van der Waals surface area contributed by atoms with Gasteiger partial charge in [-0.25, -0.2) is 8.42 Å². The summed E-state index contributed by atoms with van der Waals surface area (Å²) in [5.41, 5.74) is 6.81. The van der Waals surface area contributed by atoms with Gasteiger partial charge in [-0.05, 0) is 62.6 Å². The van der Waals surface area contributed by atoms with Gasteiger partial charge < -0.3 is 4.74 Å². The molecular formula is C21H25N3O5S. The van der Waals surface area contributed by atoms with Crippen LogP contribution in [-0.4, -0.2) is 44.2 Å². The number of carbonyl (C=O) groups excluding carboxylic acids is 2. The zero-order valence-electron chi connectivity index (χ0n) is 17.0. The first kappa shape index (κ1) is 21.8. The molecule has 3 rings (SSSR count). The van der Waals surface area contributed by atoms with Crippen LogP contribution in [0.5, 0.6) is 5.75 Å². The minimum Gasteiger partial charge on any atom is -0.483 e. The number of benzene rings is 2. The Hall–Kier alpha value is -2.91. The first-order valence-electron chi connectivity index (χ1n) is 9.67. The number of ether oxygens (including phenoxy) is 1. The molecule has 0 bridgehead atoms. The van der Waals surface area contributed by atoms with Crippen LogP contribution in [0.25, 0.3) is 0 Å². The van der Waals surface area contributed by atoms with E-state index in [0.717, 1.165) is 24.0 Å². The van der Waals surface area contributed by atoms with Gasteiger partial charge in [0.2, 0.25) is 10.0 Å². The van der Waals surface area contributed by atoms with Crippen LogP contribution in [0.4, 0.5) is 0 Å². The molecule has 2 aromatic carbocycles. The standard InChI is InChI=1S/C21H25N3O5S/c1-15-5-10-19(16(2)13-15)29-14-20(25)22-23-21(26)17-6-8-18(9-7-17)30(27,28)24-11-3-4-12-24/h5-10,13H,3-4,11-12,14H2,1-2H3,(H,22,25)(H,23,26). The third-order valence-corrected chi connectivity index (χ3v) is 6.74. The Bertz CT molecular complexity index is 1030. The van der Waals surface area contributed by atoms with Crippen LogP contribution in [0.1, 0.15) is 34.3 Å². The van der Waals surface area contributed by atoms with Crippen molar-refractivity contribution < 1.29 is 22.7 Å². The number of nitrogens with zero attached hydrogens (tertiary/aromatic N) is 1. The predicted octanol–water partition coefficient (Wildman–Crippen LogP) is 1.93. The highest BCUT2D eigenvalue weighted by Gasteiger charge is 2.27. The largest absolute Gasteiger partial charge is 0.483 e. The second-order valence-electron chi connectivity index (χ2n) is 7.20. The molecule has 0 saturated carbocycles. The molecule has 1 aliphatic rings. The van der Waals surface area contributed by atoms with Crippen molar-refractivity contribution in [2.75, 3.05) is 19.7 Å². The normalized spacial score (nSPS) is 14.3. The number of hydrogen-bond acceptors (Lipinski definition) is 5. The predicted molar refractivity (Wildman–Crippen MR) is 111 cm³/mol. The van der Waals surface area contributed by atoms with Crippen molar-refractivity contribution in [1.82, 2.24) is 15.2 Å². The molecule has 0 atom stereocenters. The Labute approximate surface area is 176 Å². The summed E-state index contributed by atoms with van der Waals surface area (Å²) < 4.78 is 31.9. The number of hydrazine groups is 1. The molecule has 2 aromatic rings. The van der Waals surface area contributed by atoms with Crippen LogP contribution in [0.15, 0.2) is 47.4 Å². The molecule has 1 heterocycles. The monoisotopic (exact) mass is 431 g/mol. The summed E-state index contributed by atoms with van der Waals surface area (Å²) in [4.78, 5) is 24.3. The number of sulfonamides is 1. The molecule has 8 nitrogen and oxygen atoms in total. The molecule has 2 amide bonds. The van der Waals surface area contributed by atoms with Crippen LogP contribution in [-0.2, 0) is 14.8 Å². The maximum atomic E-state index is 12.5. The summed E-state index contributed by atoms with van der Waals surface area (Å²) in [5.74, 6) is -0.478. The van der Waals surface area contributed by atoms with E-state index in [0.29, 0.717) is 18.8 Å². The first-order valence-corrected chi connectivity index (χ1v) is 11.1. The van der Waals surface area contributed by atoms with Gasteiger partial charge in [-0.1, -0.05) is 17.7 Å². The van der Waals surface area contributed by atoms with E-state index in [2.05, 4.69) is 10.9 Å². The fourth-order valence-electron chi connectivity index (χ4n) is 3.20. The first-order chi connectivity index (χ1) is 14.3. The second kappa shape index (κ2) is 9.27. The Morgan fingerprint density at radius 3 is 2.30 bits per heavy atom. The van der Waals surface area contributed by atoms with Gasteiger partial charge in [0.25, 0.3) is 11.8 Å². The molecule has 0 aliphatic carbocycles. The van der Waals surface area contributed by atoms with E-state index in [1.807, 2.05) is 26.0 Å². The summed E-state index contributed by atoms with van der Waals surface area (Å²) in [7, 11) is -3.53. The molecular weight excluding hydrogens is 406 g/mol. The van der Waals surface area contributed by atoms with E-state index in [9.17, 15) is 18.0 Å². The lowest BCUT2D eigenvalue weighted by Crippen LogP contribution is -2.43. The summed E-state index contributed by atoms with van der Waals surface area (Å²) >= 11 is 0. The van der Waals surface area contributed by atoms with Crippen LogP contribution in [0, 0.1) is 13.8 Å². The van der Waals surface area contributed by atoms with Crippen molar-refractivity contribution in [3.63, 3.8) is 0 Å². The van der Waals surface area contributed by atoms with Gasteiger partial charge in [0.1, 0.15) is 5.75 Å². The molecule has 0 spiro atoms. The SMILES string of the molecule is Cc1ccc(OCC(=O)NNC(=O)c2ccc(S(=O)(=O)N3CCCC3)cc2)c(C)c1. The van der Waals surface area contributed by atoms with Gasteiger partial charge in [0, 0.05) is 18.7 Å². The molecule has 1 fully saturated rings. The van der Waals surface area contributed by atoms with Crippen LogP contribution in [0.2, 0.25) is 0 Å². The zero-order chi connectivity index (χ0) is 21.7. The van der Waals surface area contributed by atoms with E-state index >= 15 is 0 Å². The number of hydrogen-bond donors (Lipinski definition) is 2. The second-order valence-corrected chi connectivity index (χ2v) is 9.13. The zero-order valence-corrected chi connectivity index (χ0v) is 17.8. The Kier molecular flexibility index (Phi) is 6.73. The van der Waals surface area contributed by atoms with Gasteiger partial charge in [-0.15, -0.1) is 0 Å². The van der Waals surface area contributed by atoms with Crippen molar-refractivity contribution in [3.05, 3.63) is 59.2 Å². The molecule has 0 radical (unpaired) electrons. The third-order valence-electron chi connectivity index (χ3n) is 4.82. The average molecular weight is 432 g/mol. The minimum atomic E-state index is -3.53. The van der Waals surface area contributed by atoms with Crippen LogP contribution in [0.3, 0.4) is 0 Å². The fraction of sp³-hybridized carbons (Fsp3) is 0.333. The molecule has 9 heteroatoms. The van der Waals surface area contributed by atoms with Crippen molar-refractivity contribution in [1.29, 1.82) is 0 Å². The molecule has 1 aliphatic heterocycles. The molecule has 2 N–H and O–H groups in total.